The van der Waals surface area contributed by atoms with Crippen molar-refractivity contribution in [3.8, 4) is 0 Å². The second-order valence-electron chi connectivity index (χ2n) is 3.82. The molecule has 2 heterocycles. The van der Waals surface area contributed by atoms with E-state index in [0.29, 0.717) is 0 Å². The van der Waals surface area contributed by atoms with Gasteiger partial charge in [-0.15, -0.1) is 11.3 Å². The minimum absolute atomic E-state index is 0.479. The van der Waals surface area contributed by atoms with Crippen molar-refractivity contribution in [3.63, 3.8) is 0 Å². The molecule has 1 unspecified atom stereocenters. The van der Waals surface area contributed by atoms with Crippen LogP contribution in [0.15, 0.2) is 0 Å². The molecule has 0 radical (unpaired) electrons. The molecule has 6 heteroatoms. The summed E-state index contributed by atoms with van der Waals surface area (Å²) in [6.07, 6.45) is 2.17. The van der Waals surface area contributed by atoms with Crippen LogP contribution in [0.4, 0.5) is 0 Å². The summed E-state index contributed by atoms with van der Waals surface area (Å²) in [4.78, 5) is 5.60. The lowest BCUT2D eigenvalue weighted by atomic mass is 10.2. The summed E-state index contributed by atoms with van der Waals surface area (Å²) in [5.41, 5.74) is 1.07. The molecule has 0 saturated heterocycles. The lowest BCUT2D eigenvalue weighted by Gasteiger charge is -2.09. The Morgan fingerprint density at radius 2 is 2.27 bits per heavy atom. The van der Waals surface area contributed by atoms with Crippen molar-refractivity contribution in [1.29, 1.82) is 0 Å². The Morgan fingerprint density at radius 1 is 1.53 bits per heavy atom. The summed E-state index contributed by atoms with van der Waals surface area (Å²) < 4.78 is 22.8. The van der Waals surface area contributed by atoms with Gasteiger partial charge in [0.15, 0.2) is 9.84 Å². The Bertz CT molecular complexity index is 441. The van der Waals surface area contributed by atoms with Gasteiger partial charge >= 0.3 is 0 Å². The van der Waals surface area contributed by atoms with Crippen molar-refractivity contribution in [2.75, 3.05) is 12.8 Å². The third-order valence-electron chi connectivity index (χ3n) is 2.61. The van der Waals surface area contributed by atoms with Gasteiger partial charge < -0.3 is 5.32 Å². The van der Waals surface area contributed by atoms with Gasteiger partial charge in [0.2, 0.25) is 0 Å². The topological polar surface area (TPSA) is 59.1 Å². The summed E-state index contributed by atoms with van der Waals surface area (Å²) in [6, 6.07) is 0. The Morgan fingerprint density at radius 3 is 2.87 bits per heavy atom. The van der Waals surface area contributed by atoms with E-state index in [1.54, 1.807) is 6.92 Å². The number of hydrogen-bond donors (Lipinski definition) is 1. The lowest BCUT2D eigenvalue weighted by Crippen LogP contribution is -2.22. The van der Waals surface area contributed by atoms with Gasteiger partial charge in [-0.25, -0.2) is 13.4 Å². The van der Waals surface area contributed by atoms with Gasteiger partial charge in [0.1, 0.15) is 10.3 Å². The van der Waals surface area contributed by atoms with E-state index in [-0.39, 0.29) is 0 Å². The van der Waals surface area contributed by atoms with Crippen LogP contribution in [0.2, 0.25) is 0 Å². The maximum Gasteiger partial charge on any atom is 0.156 e. The van der Waals surface area contributed by atoms with E-state index in [9.17, 15) is 8.42 Å². The summed E-state index contributed by atoms with van der Waals surface area (Å²) in [5.74, 6) is 0. The standard InChI is InChI=1S/C9H14N2O2S2/c1-6(15(2,12)13)9-11-7-3-4-10-5-8(7)14-9/h6,10H,3-5H2,1-2H3. The average Bonchev–Trinajstić information content (AvgIpc) is 2.58. The molecule has 1 aromatic rings. The molecule has 15 heavy (non-hydrogen) atoms. The van der Waals surface area contributed by atoms with Crippen LogP contribution in [0, 0.1) is 0 Å². The molecule has 0 aromatic carbocycles. The number of hydrogen-bond acceptors (Lipinski definition) is 5. The van der Waals surface area contributed by atoms with E-state index < -0.39 is 15.1 Å². The number of nitrogens with zero attached hydrogens (tertiary/aromatic N) is 1. The molecule has 0 fully saturated rings. The third-order valence-corrected chi connectivity index (χ3v) is 5.55. The number of aromatic nitrogens is 1. The molecular weight excluding hydrogens is 232 g/mol. The third kappa shape index (κ3) is 2.21. The highest BCUT2D eigenvalue weighted by Gasteiger charge is 2.23. The lowest BCUT2D eigenvalue weighted by molar-refractivity contribution is 0.591. The minimum Gasteiger partial charge on any atom is -0.311 e. The molecule has 0 bridgehead atoms. The predicted molar refractivity (Wildman–Crippen MR) is 60.8 cm³/mol. The van der Waals surface area contributed by atoms with Crippen molar-refractivity contribution in [2.45, 2.75) is 25.1 Å². The number of fused-ring (bicyclic) bond motifs is 1. The van der Waals surface area contributed by atoms with Crippen LogP contribution in [-0.4, -0.2) is 26.2 Å². The molecule has 4 nitrogen and oxygen atoms in total. The normalized spacial score (nSPS) is 18.5. The smallest absolute Gasteiger partial charge is 0.156 e. The van der Waals surface area contributed by atoms with Crippen molar-refractivity contribution in [2.24, 2.45) is 0 Å². The first-order valence-electron chi connectivity index (χ1n) is 4.86. The summed E-state index contributed by atoms with van der Waals surface area (Å²) >= 11 is 1.52. The monoisotopic (exact) mass is 246 g/mol. The second-order valence-corrected chi connectivity index (χ2v) is 7.30. The molecule has 0 aliphatic carbocycles. The zero-order valence-corrected chi connectivity index (χ0v) is 10.4. The summed E-state index contributed by atoms with van der Waals surface area (Å²) in [7, 11) is -3.03. The van der Waals surface area contributed by atoms with Crippen molar-refractivity contribution in [3.05, 3.63) is 15.6 Å². The molecule has 1 atom stereocenters. The van der Waals surface area contributed by atoms with Crippen LogP contribution in [0.5, 0.6) is 0 Å². The molecule has 2 rings (SSSR count). The van der Waals surface area contributed by atoms with Gasteiger partial charge in [0.05, 0.1) is 5.69 Å². The zero-order chi connectivity index (χ0) is 11.1. The molecule has 0 saturated carbocycles. The van der Waals surface area contributed by atoms with E-state index >= 15 is 0 Å². The van der Waals surface area contributed by atoms with Crippen LogP contribution in [0.3, 0.4) is 0 Å². The number of nitrogens with one attached hydrogen (secondary N) is 1. The highest BCUT2D eigenvalue weighted by atomic mass is 32.2. The number of rotatable bonds is 2. The Hall–Kier alpha value is -0.460. The van der Waals surface area contributed by atoms with E-state index in [0.717, 1.165) is 30.2 Å². The van der Waals surface area contributed by atoms with Gasteiger partial charge in [-0.2, -0.15) is 0 Å². The fourth-order valence-corrected chi connectivity index (χ4v) is 3.60. The maximum atomic E-state index is 11.4. The number of thiazole rings is 1. The highest BCUT2D eigenvalue weighted by molar-refractivity contribution is 7.91. The first kappa shape index (κ1) is 11.0. The fraction of sp³-hybridized carbons (Fsp3) is 0.667. The van der Waals surface area contributed by atoms with Crippen LogP contribution in [-0.2, 0) is 22.8 Å². The summed E-state index contributed by atoms with van der Waals surface area (Å²) in [5, 5.41) is 3.50. The van der Waals surface area contributed by atoms with Crippen molar-refractivity contribution >= 4 is 21.2 Å². The first-order chi connectivity index (χ1) is 6.98. The van der Waals surface area contributed by atoms with Crippen LogP contribution in [0.1, 0.15) is 27.8 Å². The summed E-state index contributed by atoms with van der Waals surface area (Å²) in [6.45, 7) is 3.46. The molecule has 0 amide bonds. The largest absolute Gasteiger partial charge is 0.311 e. The fourth-order valence-electron chi connectivity index (χ4n) is 1.50. The molecular formula is C9H14N2O2S2. The van der Waals surface area contributed by atoms with E-state index in [1.807, 2.05) is 0 Å². The van der Waals surface area contributed by atoms with Crippen molar-refractivity contribution < 1.29 is 8.42 Å². The van der Waals surface area contributed by atoms with Gasteiger partial charge in [-0.3, -0.25) is 0 Å². The van der Waals surface area contributed by atoms with E-state index in [4.69, 9.17) is 0 Å². The predicted octanol–water partition coefficient (Wildman–Crippen LogP) is 0.894. The Balaban J connectivity index is 2.34. The quantitative estimate of drug-likeness (QED) is 0.842. The van der Waals surface area contributed by atoms with Gasteiger partial charge in [0, 0.05) is 30.6 Å². The van der Waals surface area contributed by atoms with Gasteiger partial charge in [0.25, 0.3) is 0 Å². The molecule has 0 spiro atoms. The average molecular weight is 246 g/mol. The molecule has 1 aromatic heterocycles. The highest BCUT2D eigenvalue weighted by Crippen LogP contribution is 2.29. The molecule has 84 valence electrons. The van der Waals surface area contributed by atoms with Gasteiger partial charge in [-0.1, -0.05) is 0 Å². The molecule has 1 aliphatic heterocycles. The Labute approximate surface area is 93.7 Å². The minimum atomic E-state index is -3.03. The van der Waals surface area contributed by atoms with Crippen LogP contribution >= 0.6 is 11.3 Å². The molecule has 1 N–H and O–H groups in total. The van der Waals surface area contributed by atoms with E-state index in [1.165, 1.54) is 22.5 Å². The van der Waals surface area contributed by atoms with Crippen molar-refractivity contribution in [1.82, 2.24) is 10.3 Å². The van der Waals surface area contributed by atoms with Crippen LogP contribution < -0.4 is 5.32 Å². The first-order valence-corrected chi connectivity index (χ1v) is 7.63. The van der Waals surface area contributed by atoms with Crippen LogP contribution in [0.25, 0.3) is 0 Å². The Kier molecular flexibility index (Phi) is 2.83. The van der Waals surface area contributed by atoms with E-state index in [2.05, 4.69) is 10.3 Å². The van der Waals surface area contributed by atoms with Gasteiger partial charge in [-0.05, 0) is 6.92 Å². The maximum absolute atomic E-state index is 11.4. The molecule has 1 aliphatic rings. The second kappa shape index (κ2) is 3.84. The number of sulfone groups is 1. The SMILES string of the molecule is CC(c1nc2c(s1)CNCC2)S(C)(=O)=O. The zero-order valence-electron chi connectivity index (χ0n) is 8.78.